The van der Waals surface area contributed by atoms with E-state index in [1.54, 1.807) is 0 Å². The van der Waals surface area contributed by atoms with Gasteiger partial charge in [-0.1, -0.05) is 99.6 Å². The van der Waals surface area contributed by atoms with Gasteiger partial charge in [0.25, 0.3) is 0 Å². The summed E-state index contributed by atoms with van der Waals surface area (Å²) in [4.78, 5) is 10.2. The van der Waals surface area contributed by atoms with Gasteiger partial charge >= 0.3 is 0 Å². The Balaban J connectivity index is 1.71. The van der Waals surface area contributed by atoms with Gasteiger partial charge in [0.15, 0.2) is 0 Å². The molecule has 0 spiro atoms. The predicted molar refractivity (Wildman–Crippen MR) is 138 cm³/mol. The summed E-state index contributed by atoms with van der Waals surface area (Å²) >= 11 is 0. The number of hydrogen-bond donors (Lipinski definition) is 0. The van der Waals surface area contributed by atoms with Gasteiger partial charge in [0.05, 0.1) is 16.7 Å². The molecule has 0 atom stereocenters. The van der Waals surface area contributed by atoms with E-state index in [4.69, 9.17) is 9.97 Å². The van der Waals surface area contributed by atoms with Crippen molar-refractivity contribution in [3.8, 4) is 17.1 Å². The van der Waals surface area contributed by atoms with Gasteiger partial charge in [-0.25, -0.2) is 9.97 Å². The number of nitrogens with zero attached hydrogens (tertiary/aromatic N) is 3. The maximum Gasteiger partial charge on any atom is 0.141 e. The van der Waals surface area contributed by atoms with Gasteiger partial charge in [-0.2, -0.15) is 0 Å². The Morgan fingerprint density at radius 3 is 1.85 bits per heavy atom. The number of rotatable bonds is 2. The molecule has 0 unspecified atom stereocenters. The number of fused-ring (bicyclic) bond motifs is 4. The van der Waals surface area contributed by atoms with Gasteiger partial charge in [0, 0.05) is 27.8 Å². The Hall–Kier alpha value is -3.98. The molecule has 4 aromatic carbocycles. The van der Waals surface area contributed by atoms with Crippen LogP contribution in [0.3, 0.4) is 0 Å². The number of benzene rings is 4. The molecule has 2 heterocycles. The van der Waals surface area contributed by atoms with E-state index in [-0.39, 0.29) is 5.41 Å². The third-order valence-corrected chi connectivity index (χ3v) is 6.26. The summed E-state index contributed by atoms with van der Waals surface area (Å²) in [7, 11) is 0. The summed E-state index contributed by atoms with van der Waals surface area (Å²) in [5.74, 6) is 1.74. The summed E-state index contributed by atoms with van der Waals surface area (Å²) in [6.07, 6.45) is 0. The molecular weight excluding hydrogens is 402 g/mol. The van der Waals surface area contributed by atoms with Crippen molar-refractivity contribution in [2.24, 2.45) is 0 Å². The van der Waals surface area contributed by atoms with Gasteiger partial charge in [-0.15, -0.1) is 0 Å². The maximum absolute atomic E-state index is 5.10. The van der Waals surface area contributed by atoms with Crippen LogP contribution in [0.2, 0.25) is 0 Å². The van der Waals surface area contributed by atoms with E-state index < -0.39 is 0 Å². The fourth-order valence-corrected chi connectivity index (χ4v) is 4.64. The monoisotopic (exact) mass is 427 g/mol. The highest BCUT2D eigenvalue weighted by atomic mass is 15.1. The van der Waals surface area contributed by atoms with Crippen molar-refractivity contribution in [1.29, 1.82) is 0 Å². The molecule has 2 aromatic heterocycles. The smallest absolute Gasteiger partial charge is 0.141 e. The van der Waals surface area contributed by atoms with E-state index in [1.807, 2.05) is 0 Å². The van der Waals surface area contributed by atoms with E-state index in [0.29, 0.717) is 0 Å². The molecule has 0 bridgehead atoms. The zero-order valence-electron chi connectivity index (χ0n) is 19.1. The zero-order chi connectivity index (χ0) is 22.6. The summed E-state index contributed by atoms with van der Waals surface area (Å²) in [6, 6.07) is 34.1. The first-order valence-electron chi connectivity index (χ1n) is 11.4. The molecule has 33 heavy (non-hydrogen) atoms. The predicted octanol–water partition coefficient (Wildman–Crippen LogP) is 7.69. The van der Waals surface area contributed by atoms with Crippen LogP contribution in [-0.4, -0.2) is 14.5 Å². The van der Waals surface area contributed by atoms with Crippen LogP contribution in [0.4, 0.5) is 0 Å². The van der Waals surface area contributed by atoms with E-state index in [0.717, 1.165) is 33.9 Å². The molecular formula is C30H25N3. The van der Waals surface area contributed by atoms with Crippen LogP contribution in [-0.2, 0) is 5.41 Å². The lowest BCUT2D eigenvalue weighted by atomic mass is 9.95. The number of hydrogen-bond acceptors (Lipinski definition) is 2. The largest absolute Gasteiger partial charge is 0.294 e. The maximum atomic E-state index is 5.10. The fraction of sp³-hybridized carbons (Fsp3) is 0.133. The average molecular weight is 428 g/mol. The molecule has 0 amide bonds. The molecule has 0 aliphatic rings. The molecule has 0 radical (unpaired) electrons. The van der Waals surface area contributed by atoms with Gasteiger partial charge in [-0.05, 0) is 22.9 Å². The lowest BCUT2D eigenvalue weighted by molar-refractivity contribution is 0.544. The molecule has 0 saturated carbocycles. The van der Waals surface area contributed by atoms with Gasteiger partial charge in [-0.3, -0.25) is 4.57 Å². The summed E-state index contributed by atoms with van der Waals surface area (Å²) in [5.41, 5.74) is 4.20. The first-order valence-corrected chi connectivity index (χ1v) is 11.4. The summed E-state index contributed by atoms with van der Waals surface area (Å²) < 4.78 is 2.27. The van der Waals surface area contributed by atoms with Crippen LogP contribution in [0, 0.1) is 0 Å². The molecule has 3 heteroatoms. The average Bonchev–Trinajstić information content (AvgIpc) is 3.17. The standard InChI is InChI=1S/C30H25N3/c1-30(2,3)29-31-25(22-16-10-12-20-11-4-5-13-21(20)22)19-28(32-29)33-26-17-8-6-14-23(26)24-15-7-9-18-27(24)33/h4-19H,1-3H3. The molecule has 160 valence electrons. The fourth-order valence-electron chi connectivity index (χ4n) is 4.64. The number of aromatic nitrogens is 3. The van der Waals surface area contributed by atoms with Crippen LogP contribution < -0.4 is 0 Å². The minimum atomic E-state index is -0.186. The van der Waals surface area contributed by atoms with Crippen molar-refractivity contribution in [2.75, 3.05) is 0 Å². The van der Waals surface area contributed by atoms with E-state index in [1.165, 1.54) is 21.5 Å². The van der Waals surface area contributed by atoms with Gasteiger partial charge in [0.2, 0.25) is 0 Å². The van der Waals surface area contributed by atoms with Crippen LogP contribution in [0.15, 0.2) is 97.1 Å². The Bertz CT molecular complexity index is 1590. The zero-order valence-corrected chi connectivity index (χ0v) is 19.1. The Morgan fingerprint density at radius 2 is 1.18 bits per heavy atom. The van der Waals surface area contributed by atoms with E-state index >= 15 is 0 Å². The van der Waals surface area contributed by atoms with Crippen molar-refractivity contribution >= 4 is 32.6 Å². The van der Waals surface area contributed by atoms with Crippen molar-refractivity contribution in [1.82, 2.24) is 14.5 Å². The van der Waals surface area contributed by atoms with E-state index in [9.17, 15) is 0 Å². The topological polar surface area (TPSA) is 30.7 Å². The third kappa shape index (κ3) is 3.20. The molecule has 6 aromatic rings. The Morgan fingerprint density at radius 1 is 0.606 bits per heavy atom. The summed E-state index contributed by atoms with van der Waals surface area (Å²) in [6.45, 7) is 6.51. The van der Waals surface area contributed by atoms with Crippen molar-refractivity contribution in [3.05, 3.63) is 103 Å². The van der Waals surface area contributed by atoms with Gasteiger partial charge in [0.1, 0.15) is 11.6 Å². The highest BCUT2D eigenvalue weighted by Gasteiger charge is 2.22. The first-order chi connectivity index (χ1) is 16.0. The molecule has 0 N–H and O–H groups in total. The summed E-state index contributed by atoms with van der Waals surface area (Å²) in [5, 5.41) is 4.88. The van der Waals surface area contributed by atoms with E-state index in [2.05, 4.69) is 122 Å². The first kappa shape index (κ1) is 19.7. The van der Waals surface area contributed by atoms with Crippen LogP contribution in [0.5, 0.6) is 0 Å². The van der Waals surface area contributed by atoms with Crippen LogP contribution in [0.25, 0.3) is 49.7 Å². The normalized spacial score (nSPS) is 12.1. The molecule has 0 fully saturated rings. The second kappa shape index (κ2) is 7.28. The molecule has 0 saturated heterocycles. The molecule has 0 aliphatic carbocycles. The number of para-hydroxylation sites is 2. The lowest BCUT2D eigenvalue weighted by Crippen LogP contribution is -2.18. The highest BCUT2D eigenvalue weighted by molar-refractivity contribution is 6.09. The third-order valence-electron chi connectivity index (χ3n) is 6.26. The second-order valence-electron chi connectivity index (χ2n) is 9.58. The Labute approximate surface area is 193 Å². The molecule has 6 rings (SSSR count). The van der Waals surface area contributed by atoms with Crippen molar-refractivity contribution in [3.63, 3.8) is 0 Å². The van der Waals surface area contributed by atoms with Crippen molar-refractivity contribution < 1.29 is 0 Å². The SMILES string of the molecule is CC(C)(C)c1nc(-c2cccc3ccccc23)cc(-n2c3ccccc3c3ccccc32)n1. The quantitative estimate of drug-likeness (QED) is 0.283. The van der Waals surface area contributed by atoms with Gasteiger partial charge < -0.3 is 0 Å². The van der Waals surface area contributed by atoms with Crippen LogP contribution >= 0.6 is 0 Å². The highest BCUT2D eigenvalue weighted by Crippen LogP contribution is 2.34. The van der Waals surface area contributed by atoms with Crippen molar-refractivity contribution in [2.45, 2.75) is 26.2 Å². The Kier molecular flexibility index (Phi) is 4.34. The molecule has 3 nitrogen and oxygen atoms in total. The lowest BCUT2D eigenvalue weighted by Gasteiger charge is -2.20. The van der Waals surface area contributed by atoms with Crippen LogP contribution in [0.1, 0.15) is 26.6 Å². The molecule has 0 aliphatic heterocycles. The minimum Gasteiger partial charge on any atom is -0.294 e. The second-order valence-corrected chi connectivity index (χ2v) is 9.58. The minimum absolute atomic E-state index is 0.186.